The number of benzene rings is 1. The number of amides is 1. The number of hydrogen-bond acceptors (Lipinski definition) is 3. The molecule has 0 spiro atoms. The van der Waals surface area contributed by atoms with Crippen LogP contribution in [0.2, 0.25) is 0 Å². The van der Waals surface area contributed by atoms with Gasteiger partial charge >= 0.3 is 0 Å². The Morgan fingerprint density at radius 1 is 1.30 bits per heavy atom. The monoisotopic (exact) mass is 367 g/mol. The highest BCUT2D eigenvalue weighted by Crippen LogP contribution is 2.51. The van der Waals surface area contributed by atoms with Crippen molar-refractivity contribution < 1.29 is 9.90 Å². The first-order valence-electron chi connectivity index (χ1n) is 10.1. The Morgan fingerprint density at radius 2 is 2.07 bits per heavy atom. The van der Waals surface area contributed by atoms with Crippen molar-refractivity contribution in [2.75, 3.05) is 6.61 Å². The number of aryl methyl sites for hydroxylation is 2. The number of rotatable bonds is 6. The lowest BCUT2D eigenvalue weighted by molar-refractivity contribution is 0.0570. The van der Waals surface area contributed by atoms with Crippen molar-refractivity contribution in [2.24, 2.45) is 5.41 Å². The molecule has 5 nitrogen and oxygen atoms in total. The van der Waals surface area contributed by atoms with Gasteiger partial charge in [0.2, 0.25) is 0 Å². The Hall–Kier alpha value is -2.14. The normalized spacial score (nSPS) is 26.7. The molecule has 2 saturated heterocycles. The largest absolute Gasteiger partial charge is 0.396 e. The quantitative estimate of drug-likeness (QED) is 0.853. The van der Waals surface area contributed by atoms with E-state index >= 15 is 0 Å². The standard InChI is InChI=1S/C22H29N3O2/c1-3-11-24-14-19(16(2)23-24)21(27)25-18-9-10-20(25)22(13-18,15-26)12-17-7-5-4-6-8-17/h4-8,14,18,20,26H,3,9-13,15H2,1-2H3/t18-,20+,22-/m0/s1. The number of aliphatic hydroxyl groups excluding tert-OH is 1. The summed E-state index contributed by atoms with van der Waals surface area (Å²) in [4.78, 5) is 15.5. The van der Waals surface area contributed by atoms with Crippen LogP contribution in [0.15, 0.2) is 36.5 Å². The van der Waals surface area contributed by atoms with Crippen LogP contribution in [0.3, 0.4) is 0 Å². The first kappa shape index (κ1) is 18.2. The first-order valence-corrected chi connectivity index (χ1v) is 10.1. The summed E-state index contributed by atoms with van der Waals surface area (Å²) in [7, 11) is 0. The highest BCUT2D eigenvalue weighted by Gasteiger charge is 2.57. The minimum absolute atomic E-state index is 0.0886. The molecule has 1 aromatic heterocycles. The first-order chi connectivity index (χ1) is 13.1. The SMILES string of the molecule is CCCn1cc(C(=O)N2[C@H]3CC[C@@H]2[C@@](CO)(Cc2ccccc2)C3)c(C)n1. The fraction of sp³-hybridized carbons (Fsp3) is 0.545. The van der Waals surface area contributed by atoms with Gasteiger partial charge in [-0.05, 0) is 44.6 Å². The van der Waals surface area contributed by atoms with E-state index < -0.39 is 0 Å². The maximum absolute atomic E-state index is 13.4. The predicted octanol–water partition coefficient (Wildman–Crippen LogP) is 3.20. The van der Waals surface area contributed by atoms with Gasteiger partial charge in [-0.1, -0.05) is 37.3 Å². The van der Waals surface area contributed by atoms with Crippen LogP contribution in [0.5, 0.6) is 0 Å². The van der Waals surface area contributed by atoms with Crippen LogP contribution in [-0.2, 0) is 13.0 Å². The van der Waals surface area contributed by atoms with Crippen molar-refractivity contribution in [2.45, 2.75) is 64.6 Å². The third-order valence-electron chi connectivity index (χ3n) is 6.43. The third kappa shape index (κ3) is 3.08. The van der Waals surface area contributed by atoms with Crippen molar-refractivity contribution in [3.05, 3.63) is 53.3 Å². The van der Waals surface area contributed by atoms with E-state index in [2.05, 4.69) is 29.1 Å². The van der Waals surface area contributed by atoms with Crippen LogP contribution in [0.4, 0.5) is 0 Å². The zero-order valence-electron chi connectivity index (χ0n) is 16.3. The van der Waals surface area contributed by atoms with Gasteiger partial charge in [0.25, 0.3) is 5.91 Å². The molecule has 2 fully saturated rings. The van der Waals surface area contributed by atoms with Gasteiger partial charge in [-0.3, -0.25) is 9.48 Å². The third-order valence-corrected chi connectivity index (χ3v) is 6.43. The Bertz CT molecular complexity index is 816. The predicted molar refractivity (Wildman–Crippen MR) is 105 cm³/mol. The van der Waals surface area contributed by atoms with E-state index in [1.165, 1.54) is 5.56 Å². The molecule has 2 aliphatic rings. The molecule has 0 radical (unpaired) electrons. The van der Waals surface area contributed by atoms with Crippen LogP contribution in [0.1, 0.15) is 54.2 Å². The second-order valence-corrected chi connectivity index (χ2v) is 8.24. The molecule has 4 rings (SSSR count). The minimum atomic E-state index is -0.229. The zero-order chi connectivity index (χ0) is 19.0. The molecule has 144 valence electrons. The Balaban J connectivity index is 1.60. The van der Waals surface area contributed by atoms with E-state index in [1.54, 1.807) is 0 Å². The van der Waals surface area contributed by atoms with Crippen LogP contribution in [0.25, 0.3) is 0 Å². The molecule has 1 N–H and O–H groups in total. The van der Waals surface area contributed by atoms with Gasteiger partial charge < -0.3 is 10.0 Å². The molecule has 2 bridgehead atoms. The summed E-state index contributed by atoms with van der Waals surface area (Å²) in [6.07, 6.45) is 6.62. The lowest BCUT2D eigenvalue weighted by Crippen LogP contribution is -2.44. The van der Waals surface area contributed by atoms with E-state index in [0.717, 1.165) is 44.3 Å². The van der Waals surface area contributed by atoms with Gasteiger partial charge in [-0.25, -0.2) is 0 Å². The Kier molecular flexibility index (Phi) is 4.81. The van der Waals surface area contributed by atoms with E-state index in [1.807, 2.05) is 36.0 Å². The number of hydrogen-bond donors (Lipinski definition) is 1. The van der Waals surface area contributed by atoms with Gasteiger partial charge in [-0.15, -0.1) is 0 Å². The van der Waals surface area contributed by atoms with Crippen molar-refractivity contribution in [3.8, 4) is 0 Å². The summed E-state index contributed by atoms with van der Waals surface area (Å²) >= 11 is 0. The van der Waals surface area contributed by atoms with E-state index in [-0.39, 0.29) is 30.0 Å². The summed E-state index contributed by atoms with van der Waals surface area (Å²) in [6, 6.07) is 10.7. The Labute approximate surface area is 161 Å². The molecule has 0 saturated carbocycles. The number of carbonyl (C=O) groups is 1. The summed E-state index contributed by atoms with van der Waals surface area (Å²) < 4.78 is 1.88. The van der Waals surface area contributed by atoms with Gasteiger partial charge in [0.15, 0.2) is 0 Å². The van der Waals surface area contributed by atoms with Crippen molar-refractivity contribution in [1.82, 2.24) is 14.7 Å². The van der Waals surface area contributed by atoms with E-state index in [9.17, 15) is 9.90 Å². The second-order valence-electron chi connectivity index (χ2n) is 8.24. The van der Waals surface area contributed by atoms with Crippen molar-refractivity contribution in [1.29, 1.82) is 0 Å². The van der Waals surface area contributed by atoms with E-state index in [4.69, 9.17) is 0 Å². The summed E-state index contributed by atoms with van der Waals surface area (Å²) in [5, 5.41) is 14.9. The molecular formula is C22H29N3O2. The van der Waals surface area contributed by atoms with Gasteiger partial charge in [0.1, 0.15) is 0 Å². The number of nitrogens with zero attached hydrogens (tertiary/aromatic N) is 3. The summed E-state index contributed by atoms with van der Waals surface area (Å²) in [5.41, 5.74) is 2.53. The van der Waals surface area contributed by atoms with Crippen molar-refractivity contribution >= 4 is 5.91 Å². The van der Waals surface area contributed by atoms with Gasteiger partial charge in [0, 0.05) is 30.2 Å². The Morgan fingerprint density at radius 3 is 2.78 bits per heavy atom. The maximum atomic E-state index is 13.4. The number of carbonyl (C=O) groups excluding carboxylic acids is 1. The van der Waals surface area contributed by atoms with Crippen LogP contribution in [0, 0.1) is 12.3 Å². The number of aliphatic hydroxyl groups is 1. The molecular weight excluding hydrogens is 338 g/mol. The fourth-order valence-corrected chi connectivity index (χ4v) is 5.23. The smallest absolute Gasteiger partial charge is 0.257 e. The minimum Gasteiger partial charge on any atom is -0.396 e. The van der Waals surface area contributed by atoms with Gasteiger partial charge in [0.05, 0.1) is 17.9 Å². The molecule has 27 heavy (non-hydrogen) atoms. The highest BCUT2D eigenvalue weighted by atomic mass is 16.3. The molecule has 2 aliphatic heterocycles. The van der Waals surface area contributed by atoms with Gasteiger partial charge in [-0.2, -0.15) is 5.10 Å². The number of aromatic nitrogens is 2. The van der Waals surface area contributed by atoms with Crippen LogP contribution < -0.4 is 0 Å². The average Bonchev–Trinajstić information content (AvgIpc) is 3.34. The maximum Gasteiger partial charge on any atom is 0.257 e. The van der Waals surface area contributed by atoms with Crippen molar-refractivity contribution in [3.63, 3.8) is 0 Å². The lowest BCUT2D eigenvalue weighted by Gasteiger charge is -2.36. The molecule has 0 aliphatic carbocycles. The van der Waals surface area contributed by atoms with Crippen LogP contribution in [-0.4, -0.2) is 44.4 Å². The molecule has 1 amide bonds. The molecule has 0 unspecified atom stereocenters. The summed E-state index contributed by atoms with van der Waals surface area (Å²) in [6.45, 7) is 4.98. The topological polar surface area (TPSA) is 58.4 Å². The average molecular weight is 367 g/mol. The molecule has 2 aromatic rings. The fourth-order valence-electron chi connectivity index (χ4n) is 5.23. The lowest BCUT2D eigenvalue weighted by atomic mass is 9.70. The highest BCUT2D eigenvalue weighted by molar-refractivity contribution is 5.96. The number of fused-ring (bicyclic) bond motifs is 2. The molecule has 3 atom stereocenters. The van der Waals surface area contributed by atoms with E-state index in [0.29, 0.717) is 5.56 Å². The zero-order valence-corrected chi connectivity index (χ0v) is 16.3. The van der Waals surface area contributed by atoms with Crippen LogP contribution >= 0.6 is 0 Å². The molecule has 1 aromatic carbocycles. The second kappa shape index (κ2) is 7.12. The molecule has 3 heterocycles. The summed E-state index contributed by atoms with van der Waals surface area (Å²) in [5.74, 6) is 0.0886. The molecule has 5 heteroatoms.